The van der Waals surface area contributed by atoms with Crippen molar-refractivity contribution in [1.29, 1.82) is 0 Å². The lowest BCUT2D eigenvalue weighted by Gasteiger charge is -2.08. The molecule has 0 aliphatic rings. The predicted octanol–water partition coefficient (Wildman–Crippen LogP) is 5.36. The number of nitrogens with one attached hydrogen (secondary N) is 1. The molecule has 0 amide bonds. The Morgan fingerprint density at radius 1 is 1.15 bits per heavy atom. The molecule has 172 valence electrons. The van der Waals surface area contributed by atoms with E-state index in [1.807, 2.05) is 41.8 Å². The Labute approximate surface area is 203 Å². The molecular formula is C23H23ClN4O3S2. The van der Waals surface area contributed by atoms with Crippen LogP contribution in [0.25, 0.3) is 16.1 Å². The zero-order chi connectivity index (χ0) is 23.4. The number of benzene rings is 2. The third kappa shape index (κ3) is 5.27. The fourth-order valence-electron chi connectivity index (χ4n) is 3.55. The van der Waals surface area contributed by atoms with Gasteiger partial charge in [0.25, 0.3) is 11.3 Å². The molecule has 0 saturated carbocycles. The third-order valence-corrected chi connectivity index (χ3v) is 6.87. The standard InChI is InChI=1S/C23H23ClN4O3S2/c1-2-3-8-21-25-28(20-7-5-4-6-18(20)24)23(29)27(21)15-16-9-11-17(12-10-16)22-19(13-14-32-22)26-33(30)31/h4-7,9-14,26H,2-3,8,15H2,1H3,(H,30,31). The van der Waals surface area contributed by atoms with E-state index in [1.165, 1.54) is 16.0 Å². The molecule has 2 heterocycles. The first kappa shape index (κ1) is 23.4. The summed E-state index contributed by atoms with van der Waals surface area (Å²) < 4.78 is 25.9. The van der Waals surface area contributed by atoms with Crippen LogP contribution in [0.5, 0.6) is 0 Å². The summed E-state index contributed by atoms with van der Waals surface area (Å²) in [6.07, 6.45) is 2.62. The van der Waals surface area contributed by atoms with Gasteiger partial charge in [-0.15, -0.1) is 16.4 Å². The van der Waals surface area contributed by atoms with E-state index in [9.17, 15) is 9.00 Å². The number of para-hydroxylation sites is 1. The van der Waals surface area contributed by atoms with Gasteiger partial charge in [-0.1, -0.05) is 61.3 Å². The molecule has 2 aromatic carbocycles. The van der Waals surface area contributed by atoms with Crippen LogP contribution < -0.4 is 10.4 Å². The van der Waals surface area contributed by atoms with Crippen molar-refractivity contribution in [2.24, 2.45) is 0 Å². The molecule has 1 unspecified atom stereocenters. The highest BCUT2D eigenvalue weighted by Crippen LogP contribution is 2.34. The summed E-state index contributed by atoms with van der Waals surface area (Å²) in [5.74, 6) is 0.723. The second-order valence-corrected chi connectivity index (χ2v) is 9.49. The predicted molar refractivity (Wildman–Crippen MR) is 135 cm³/mol. The number of aryl methyl sites for hydroxylation is 1. The summed E-state index contributed by atoms with van der Waals surface area (Å²) in [4.78, 5) is 14.1. The van der Waals surface area contributed by atoms with Gasteiger partial charge in [-0.05, 0) is 41.1 Å². The van der Waals surface area contributed by atoms with E-state index >= 15 is 0 Å². The summed E-state index contributed by atoms with van der Waals surface area (Å²) in [5.41, 5.74) is 2.82. The lowest BCUT2D eigenvalue weighted by molar-refractivity contribution is 0.570. The van der Waals surface area contributed by atoms with Crippen molar-refractivity contribution in [3.8, 4) is 16.1 Å². The fraction of sp³-hybridized carbons (Fsp3) is 0.217. The molecule has 33 heavy (non-hydrogen) atoms. The number of hydrogen-bond donors (Lipinski definition) is 2. The van der Waals surface area contributed by atoms with E-state index in [-0.39, 0.29) is 5.69 Å². The monoisotopic (exact) mass is 502 g/mol. The third-order valence-electron chi connectivity index (χ3n) is 5.19. The smallest absolute Gasteiger partial charge is 0.289 e. The first-order valence-corrected chi connectivity index (χ1v) is 12.8. The normalized spacial score (nSPS) is 12.1. The average Bonchev–Trinajstić information content (AvgIpc) is 3.37. The number of anilines is 1. The van der Waals surface area contributed by atoms with Crippen molar-refractivity contribution in [1.82, 2.24) is 14.3 Å². The van der Waals surface area contributed by atoms with E-state index in [0.29, 0.717) is 29.4 Å². The maximum Gasteiger partial charge on any atom is 0.351 e. The number of rotatable bonds is 9. The van der Waals surface area contributed by atoms with Crippen molar-refractivity contribution in [3.63, 3.8) is 0 Å². The van der Waals surface area contributed by atoms with Crippen LogP contribution in [0.4, 0.5) is 5.69 Å². The summed E-state index contributed by atoms with van der Waals surface area (Å²) in [5, 5.41) is 6.93. The highest BCUT2D eigenvalue weighted by atomic mass is 35.5. The summed E-state index contributed by atoms with van der Waals surface area (Å²) >= 11 is 5.67. The maximum atomic E-state index is 13.3. The minimum absolute atomic E-state index is 0.228. The van der Waals surface area contributed by atoms with Gasteiger partial charge in [-0.25, -0.2) is 9.00 Å². The largest absolute Gasteiger partial charge is 0.351 e. The van der Waals surface area contributed by atoms with Gasteiger partial charge in [-0.2, -0.15) is 4.68 Å². The van der Waals surface area contributed by atoms with Crippen LogP contribution in [-0.4, -0.2) is 23.1 Å². The molecule has 0 aliphatic carbocycles. The molecule has 4 aromatic rings. The minimum atomic E-state index is -2.13. The summed E-state index contributed by atoms with van der Waals surface area (Å²) in [6, 6.07) is 16.7. The quantitative estimate of drug-likeness (QED) is 0.302. The maximum absolute atomic E-state index is 13.3. The highest BCUT2D eigenvalue weighted by Gasteiger charge is 2.17. The molecule has 0 bridgehead atoms. The van der Waals surface area contributed by atoms with Crippen LogP contribution in [0.2, 0.25) is 5.02 Å². The van der Waals surface area contributed by atoms with Crippen LogP contribution in [0.15, 0.2) is 64.8 Å². The Morgan fingerprint density at radius 2 is 1.91 bits per heavy atom. The lowest BCUT2D eigenvalue weighted by Crippen LogP contribution is -2.25. The van der Waals surface area contributed by atoms with E-state index in [2.05, 4.69) is 16.7 Å². The zero-order valence-electron chi connectivity index (χ0n) is 17.9. The molecule has 0 aliphatic heterocycles. The number of unbranched alkanes of at least 4 members (excludes halogenated alkanes) is 1. The molecule has 4 rings (SSSR count). The Bertz CT molecular complexity index is 1330. The van der Waals surface area contributed by atoms with Gasteiger partial charge in [0.2, 0.25) is 0 Å². The Kier molecular flexibility index (Phi) is 7.44. The average molecular weight is 503 g/mol. The molecule has 2 N–H and O–H groups in total. The van der Waals surface area contributed by atoms with Crippen molar-refractivity contribution in [2.75, 3.05) is 4.72 Å². The zero-order valence-corrected chi connectivity index (χ0v) is 20.3. The fourth-order valence-corrected chi connectivity index (χ4v) is 5.04. The molecular weight excluding hydrogens is 480 g/mol. The van der Waals surface area contributed by atoms with Crippen molar-refractivity contribution in [3.05, 3.63) is 86.9 Å². The summed E-state index contributed by atoms with van der Waals surface area (Å²) in [7, 11) is 0. The Hall–Kier alpha value is -2.72. The second-order valence-electron chi connectivity index (χ2n) is 7.46. The molecule has 0 spiro atoms. The lowest BCUT2D eigenvalue weighted by atomic mass is 10.1. The molecule has 0 fully saturated rings. The molecule has 7 nitrogen and oxygen atoms in total. The van der Waals surface area contributed by atoms with Gasteiger partial charge in [0.15, 0.2) is 0 Å². The van der Waals surface area contributed by atoms with Crippen molar-refractivity contribution >= 4 is 39.9 Å². The van der Waals surface area contributed by atoms with Crippen molar-refractivity contribution in [2.45, 2.75) is 32.7 Å². The minimum Gasteiger partial charge on any atom is -0.289 e. The topological polar surface area (TPSA) is 89.2 Å². The number of nitrogens with zero attached hydrogens (tertiary/aromatic N) is 3. The van der Waals surface area contributed by atoms with Gasteiger partial charge in [0.1, 0.15) is 5.82 Å². The molecule has 0 radical (unpaired) electrons. The van der Waals surface area contributed by atoms with E-state index in [1.54, 1.807) is 22.8 Å². The van der Waals surface area contributed by atoms with Crippen LogP contribution in [-0.2, 0) is 24.2 Å². The van der Waals surface area contributed by atoms with E-state index in [4.69, 9.17) is 16.2 Å². The van der Waals surface area contributed by atoms with Crippen LogP contribution >= 0.6 is 22.9 Å². The Balaban J connectivity index is 1.65. The van der Waals surface area contributed by atoms with Gasteiger partial charge in [0, 0.05) is 6.42 Å². The highest BCUT2D eigenvalue weighted by molar-refractivity contribution is 7.80. The van der Waals surface area contributed by atoms with Crippen LogP contribution in [0, 0.1) is 0 Å². The number of thiophene rings is 1. The second kappa shape index (κ2) is 10.5. The first-order chi connectivity index (χ1) is 16.0. The van der Waals surface area contributed by atoms with Gasteiger partial charge in [-0.3, -0.25) is 13.8 Å². The van der Waals surface area contributed by atoms with Gasteiger partial charge in [0.05, 0.1) is 27.8 Å². The molecule has 2 aromatic heterocycles. The van der Waals surface area contributed by atoms with Crippen LogP contribution in [0.3, 0.4) is 0 Å². The summed E-state index contributed by atoms with van der Waals surface area (Å²) in [6.45, 7) is 2.49. The molecule has 1 atom stereocenters. The van der Waals surface area contributed by atoms with Crippen LogP contribution in [0.1, 0.15) is 31.2 Å². The molecule has 0 saturated heterocycles. The van der Waals surface area contributed by atoms with E-state index < -0.39 is 11.3 Å². The number of halogens is 1. The number of hydrogen-bond acceptors (Lipinski definition) is 4. The Morgan fingerprint density at radius 3 is 2.61 bits per heavy atom. The van der Waals surface area contributed by atoms with Gasteiger partial charge >= 0.3 is 5.69 Å². The number of aromatic nitrogens is 3. The first-order valence-electron chi connectivity index (χ1n) is 10.5. The molecule has 10 heteroatoms. The van der Waals surface area contributed by atoms with E-state index in [0.717, 1.165) is 34.7 Å². The SMILES string of the molecule is CCCCc1nn(-c2ccccc2Cl)c(=O)n1Cc1ccc(-c2sccc2NS(=O)O)cc1. The van der Waals surface area contributed by atoms with Gasteiger partial charge < -0.3 is 0 Å². The van der Waals surface area contributed by atoms with Crippen molar-refractivity contribution < 1.29 is 8.76 Å².